The van der Waals surface area contributed by atoms with E-state index in [-0.39, 0.29) is 9.31 Å². The summed E-state index contributed by atoms with van der Waals surface area (Å²) in [6, 6.07) is 5.87. The highest BCUT2D eigenvalue weighted by molar-refractivity contribution is 7.89. The van der Waals surface area contributed by atoms with Gasteiger partial charge in [-0.1, -0.05) is 17.7 Å². The van der Waals surface area contributed by atoms with Gasteiger partial charge in [-0.3, -0.25) is 0 Å². The molecule has 0 amide bonds. The van der Waals surface area contributed by atoms with E-state index < -0.39 is 23.2 Å². The average Bonchev–Trinajstić information content (AvgIpc) is 2.26. The molecule has 0 saturated heterocycles. The van der Waals surface area contributed by atoms with Crippen molar-refractivity contribution in [3.05, 3.63) is 34.7 Å². The third kappa shape index (κ3) is 2.54. The first kappa shape index (κ1) is 12.6. The third-order valence-electron chi connectivity index (χ3n) is 1.96. The molecular weight excluding hydrogens is 234 g/mol. The number of sulfonamides is 1. The number of hydrogen-bond acceptors (Lipinski definition) is 4. The van der Waals surface area contributed by atoms with Crippen LogP contribution in [0, 0.1) is 11.8 Å². The van der Waals surface area contributed by atoms with E-state index in [0.717, 1.165) is 5.56 Å². The lowest BCUT2D eigenvalue weighted by Crippen LogP contribution is -2.27. The van der Waals surface area contributed by atoms with E-state index in [4.69, 9.17) is 0 Å². The molecule has 1 rings (SSSR count). The Hall–Kier alpha value is -1.50. The molecule has 1 aromatic carbocycles. The zero-order valence-corrected chi connectivity index (χ0v) is 9.45. The van der Waals surface area contributed by atoms with Crippen LogP contribution in [0.25, 0.3) is 0 Å². The second-order valence-electron chi connectivity index (χ2n) is 3.13. The number of alkyl halides is 1. The zero-order valence-electron chi connectivity index (χ0n) is 8.63. The van der Waals surface area contributed by atoms with E-state index in [1.54, 1.807) is 19.1 Å². The normalized spacial score (nSPS) is 11.1. The molecule has 0 N–H and O–H groups in total. The Morgan fingerprint density at radius 3 is 2.31 bits per heavy atom. The summed E-state index contributed by atoms with van der Waals surface area (Å²) < 4.78 is 35.7. The van der Waals surface area contributed by atoms with E-state index in [1.807, 2.05) is 0 Å². The van der Waals surface area contributed by atoms with Gasteiger partial charge >= 0.3 is 0 Å². The molecule has 0 bridgehead atoms. The van der Waals surface area contributed by atoms with Gasteiger partial charge in [-0.25, -0.2) is 4.39 Å². The lowest BCUT2D eigenvalue weighted by molar-refractivity contribution is 0.365. The van der Waals surface area contributed by atoms with Gasteiger partial charge in [-0.15, -0.1) is 9.32 Å². The lowest BCUT2D eigenvalue weighted by Gasteiger charge is -2.13. The molecule has 0 atom stereocenters. The quantitative estimate of drug-likeness (QED) is 0.585. The van der Waals surface area contributed by atoms with Gasteiger partial charge in [0.15, 0.2) is 0 Å². The Morgan fingerprint density at radius 1 is 1.31 bits per heavy atom. The molecular formula is C9H11FN2O3S. The molecule has 0 aliphatic heterocycles. The van der Waals surface area contributed by atoms with Crippen LogP contribution in [0.1, 0.15) is 5.56 Å². The van der Waals surface area contributed by atoms with Crippen LogP contribution in [0.4, 0.5) is 4.39 Å². The number of aryl methyl sites for hydroxylation is 1. The predicted octanol–water partition coefficient (Wildman–Crippen LogP) is 1.64. The fraction of sp³-hybridized carbons (Fsp3) is 0.333. The van der Waals surface area contributed by atoms with Crippen LogP contribution in [-0.4, -0.2) is 26.1 Å². The van der Waals surface area contributed by atoms with E-state index in [2.05, 4.69) is 5.29 Å². The highest BCUT2D eigenvalue weighted by Crippen LogP contribution is 2.16. The Balaban J connectivity index is 3.09. The molecule has 5 nitrogen and oxygen atoms in total. The van der Waals surface area contributed by atoms with E-state index in [9.17, 15) is 17.7 Å². The molecule has 0 saturated carbocycles. The van der Waals surface area contributed by atoms with Crippen molar-refractivity contribution < 1.29 is 12.8 Å². The maximum Gasteiger partial charge on any atom is 0.281 e. The summed E-state index contributed by atoms with van der Waals surface area (Å²) in [7, 11) is -4.02. The SMILES string of the molecule is Cc1ccc(S(=O)(=O)N(CC[18F])N=O)cc1. The predicted molar refractivity (Wildman–Crippen MR) is 56.8 cm³/mol. The number of benzene rings is 1. The van der Waals surface area contributed by atoms with Gasteiger partial charge in [0.25, 0.3) is 10.0 Å². The zero-order chi connectivity index (χ0) is 12.2. The molecule has 0 radical (unpaired) electrons. The molecule has 1 aromatic rings. The van der Waals surface area contributed by atoms with Gasteiger partial charge in [0.1, 0.15) is 6.67 Å². The lowest BCUT2D eigenvalue weighted by atomic mass is 10.2. The largest absolute Gasteiger partial charge is 0.281 e. The summed E-state index contributed by atoms with van der Waals surface area (Å²) in [6.45, 7) is 0.268. The molecule has 0 aliphatic carbocycles. The Kier molecular flexibility index (Phi) is 3.94. The van der Waals surface area contributed by atoms with Crippen LogP contribution in [0.2, 0.25) is 0 Å². The van der Waals surface area contributed by atoms with Gasteiger partial charge < -0.3 is 0 Å². The van der Waals surface area contributed by atoms with Crippen molar-refractivity contribution >= 4 is 10.0 Å². The number of nitrogens with zero attached hydrogens (tertiary/aromatic N) is 2. The van der Waals surface area contributed by atoms with Crippen molar-refractivity contribution in [2.45, 2.75) is 11.8 Å². The monoisotopic (exact) mass is 245 g/mol. The van der Waals surface area contributed by atoms with E-state index >= 15 is 0 Å². The maximum atomic E-state index is 12.0. The Morgan fingerprint density at radius 2 is 1.88 bits per heavy atom. The van der Waals surface area contributed by atoms with Crippen LogP contribution in [0.15, 0.2) is 34.4 Å². The first-order chi connectivity index (χ1) is 7.52. The van der Waals surface area contributed by atoms with E-state index in [1.165, 1.54) is 12.1 Å². The molecule has 0 unspecified atom stereocenters. The van der Waals surface area contributed by atoms with Crippen molar-refractivity contribution in [3.8, 4) is 0 Å². The molecule has 0 spiro atoms. The molecule has 7 heteroatoms. The standard InChI is InChI=1S/C9H11FN2O3S/c1-8-2-4-9(5-3-8)16(14,15)12(11-13)7-6-10/h2-5H,6-7H2,1H3/i10-1. The van der Waals surface area contributed by atoms with Crippen LogP contribution in [-0.2, 0) is 10.0 Å². The van der Waals surface area contributed by atoms with Crippen LogP contribution < -0.4 is 0 Å². The van der Waals surface area contributed by atoms with Gasteiger partial charge in [0, 0.05) is 0 Å². The first-order valence-corrected chi connectivity index (χ1v) is 5.95. The minimum absolute atomic E-state index is 0.0776. The summed E-state index contributed by atoms with van der Waals surface area (Å²) in [5.41, 5.74) is 0.884. The number of hydrogen-bond donors (Lipinski definition) is 0. The van der Waals surface area contributed by atoms with Gasteiger partial charge in [-0.05, 0) is 19.1 Å². The maximum absolute atomic E-state index is 12.0. The minimum atomic E-state index is -4.02. The van der Waals surface area contributed by atoms with Crippen molar-refractivity contribution in [3.63, 3.8) is 0 Å². The smallest absolute Gasteiger partial charge is 0.249 e. The van der Waals surface area contributed by atoms with Gasteiger partial charge in [-0.2, -0.15) is 8.42 Å². The highest BCUT2D eigenvalue weighted by atomic mass is 32.2. The van der Waals surface area contributed by atoms with Crippen molar-refractivity contribution in [2.75, 3.05) is 13.2 Å². The van der Waals surface area contributed by atoms with Crippen molar-refractivity contribution in [1.82, 2.24) is 4.41 Å². The van der Waals surface area contributed by atoms with Gasteiger partial charge in [0.2, 0.25) is 0 Å². The fourth-order valence-corrected chi connectivity index (χ4v) is 2.23. The molecule has 0 aliphatic rings. The Bertz CT molecular complexity index is 458. The molecule has 88 valence electrons. The van der Waals surface area contributed by atoms with Crippen molar-refractivity contribution in [2.24, 2.45) is 5.29 Å². The second-order valence-corrected chi connectivity index (χ2v) is 4.98. The van der Waals surface area contributed by atoms with E-state index in [0.29, 0.717) is 0 Å². The molecule has 0 aromatic heterocycles. The summed E-state index contributed by atoms with van der Waals surface area (Å²) in [5.74, 6) is 0. The molecule has 16 heavy (non-hydrogen) atoms. The van der Waals surface area contributed by atoms with Crippen LogP contribution >= 0.6 is 0 Å². The first-order valence-electron chi connectivity index (χ1n) is 4.51. The summed E-state index contributed by atoms with van der Waals surface area (Å²) in [5, 5.41) is 2.30. The fourth-order valence-electron chi connectivity index (χ4n) is 1.11. The summed E-state index contributed by atoms with van der Waals surface area (Å²) in [4.78, 5) is 10.2. The van der Waals surface area contributed by atoms with Gasteiger partial charge in [0.05, 0.1) is 16.7 Å². The molecule has 0 heterocycles. The number of halogens is 1. The minimum Gasteiger partial charge on any atom is -0.249 e. The average molecular weight is 245 g/mol. The van der Waals surface area contributed by atoms with Crippen LogP contribution in [0.3, 0.4) is 0 Å². The second kappa shape index (κ2) is 5.02. The topological polar surface area (TPSA) is 66.8 Å². The van der Waals surface area contributed by atoms with Crippen LogP contribution in [0.5, 0.6) is 0 Å². The Labute approximate surface area is 92.9 Å². The summed E-state index contributed by atoms with van der Waals surface area (Å²) in [6.07, 6.45) is 0. The highest BCUT2D eigenvalue weighted by Gasteiger charge is 2.23. The van der Waals surface area contributed by atoms with Crippen molar-refractivity contribution in [1.29, 1.82) is 0 Å². The number of rotatable bonds is 5. The number of nitroso groups, excluding NO2 is 1. The summed E-state index contributed by atoms with van der Waals surface area (Å²) >= 11 is 0. The molecule has 0 fully saturated rings. The third-order valence-corrected chi connectivity index (χ3v) is 3.64.